The van der Waals surface area contributed by atoms with Gasteiger partial charge in [0, 0.05) is 11.0 Å². The van der Waals surface area contributed by atoms with Gasteiger partial charge in [-0.15, -0.1) is 0 Å². The number of benzene rings is 1. The van der Waals surface area contributed by atoms with Gasteiger partial charge in [0.2, 0.25) is 0 Å². The van der Waals surface area contributed by atoms with Crippen molar-refractivity contribution in [1.82, 2.24) is 5.32 Å². The smallest absolute Gasteiger partial charge is 0.330 e. The fraction of sp³-hybridized carbons (Fsp3) is 0.579. The molecule has 0 aromatic heterocycles. The van der Waals surface area contributed by atoms with E-state index in [9.17, 15) is 14.7 Å². The van der Waals surface area contributed by atoms with Crippen molar-refractivity contribution in [2.24, 2.45) is 16.7 Å². The van der Waals surface area contributed by atoms with Crippen LogP contribution >= 0.6 is 0 Å². The molecule has 2 bridgehead atoms. The van der Waals surface area contributed by atoms with Crippen LogP contribution < -0.4 is 5.32 Å². The van der Waals surface area contributed by atoms with E-state index in [-0.39, 0.29) is 11.3 Å². The lowest BCUT2D eigenvalue weighted by Crippen LogP contribution is -2.64. The largest absolute Gasteiger partial charge is 0.479 e. The van der Waals surface area contributed by atoms with Gasteiger partial charge in [-0.25, -0.2) is 4.79 Å². The summed E-state index contributed by atoms with van der Waals surface area (Å²) < 4.78 is 0. The van der Waals surface area contributed by atoms with Crippen molar-refractivity contribution < 1.29 is 14.7 Å². The van der Waals surface area contributed by atoms with Gasteiger partial charge < -0.3 is 10.4 Å². The van der Waals surface area contributed by atoms with Crippen molar-refractivity contribution in [1.29, 1.82) is 0 Å². The number of carboxylic acid groups (broad SMARTS) is 1. The average Bonchev–Trinajstić information content (AvgIpc) is 2.90. The van der Waals surface area contributed by atoms with Crippen LogP contribution in [0, 0.1) is 16.7 Å². The number of carbonyl (C=O) groups excluding carboxylic acids is 1. The summed E-state index contributed by atoms with van der Waals surface area (Å²) in [6.45, 7) is 6.39. The third-order valence-electron chi connectivity index (χ3n) is 7.11. The summed E-state index contributed by atoms with van der Waals surface area (Å²) in [5.41, 5.74) is -1.13. The maximum Gasteiger partial charge on any atom is 0.330 e. The van der Waals surface area contributed by atoms with Crippen LogP contribution in [0.1, 0.15) is 56.8 Å². The molecule has 124 valence electrons. The van der Waals surface area contributed by atoms with E-state index in [1.165, 1.54) is 0 Å². The van der Waals surface area contributed by atoms with E-state index in [1.807, 2.05) is 6.07 Å². The van der Waals surface area contributed by atoms with Crippen molar-refractivity contribution in [2.75, 3.05) is 0 Å². The third kappa shape index (κ3) is 1.90. The molecular weight excluding hydrogens is 290 g/mol. The summed E-state index contributed by atoms with van der Waals surface area (Å²) in [6, 6.07) is 8.87. The van der Waals surface area contributed by atoms with E-state index in [4.69, 9.17) is 0 Å². The zero-order valence-electron chi connectivity index (χ0n) is 14.1. The van der Waals surface area contributed by atoms with Gasteiger partial charge in [0.1, 0.15) is 5.54 Å². The molecular formula is C19H25NO3. The topological polar surface area (TPSA) is 66.4 Å². The quantitative estimate of drug-likeness (QED) is 0.894. The van der Waals surface area contributed by atoms with Crippen LogP contribution in [0.4, 0.5) is 0 Å². The average molecular weight is 315 g/mol. The molecule has 4 heteroatoms. The Labute approximate surface area is 137 Å². The molecule has 4 atom stereocenters. The molecule has 0 aliphatic heterocycles. The number of carboxylic acids is 1. The molecule has 3 rings (SSSR count). The molecule has 0 unspecified atom stereocenters. The molecule has 2 fully saturated rings. The minimum absolute atomic E-state index is 0.0463. The van der Waals surface area contributed by atoms with Crippen molar-refractivity contribution in [3.63, 3.8) is 0 Å². The van der Waals surface area contributed by atoms with Crippen molar-refractivity contribution in [3.8, 4) is 0 Å². The summed E-state index contributed by atoms with van der Waals surface area (Å²) in [4.78, 5) is 24.9. The Morgan fingerprint density at radius 3 is 2.43 bits per heavy atom. The lowest BCUT2D eigenvalue weighted by Gasteiger charge is -2.47. The monoisotopic (exact) mass is 315 g/mol. The molecule has 0 radical (unpaired) electrons. The van der Waals surface area contributed by atoms with E-state index in [0.717, 1.165) is 19.3 Å². The van der Waals surface area contributed by atoms with Crippen molar-refractivity contribution >= 4 is 11.9 Å². The standard InChI is InChI=1S/C19H25NO3/c1-4-17(2)14-10-11-18(17,3)19(12-14,16(22)23)20-15(21)13-8-6-5-7-9-13/h5-9,14H,4,10-12H2,1-3H3,(H,20,21)(H,22,23)/t14-,17-,18-,19+/m0/s1. The SMILES string of the molecule is CC[C@@]1(C)[C@H]2CC[C@]1(C)[C@](NC(=O)c1ccccc1)(C(=O)O)C2. The second-order valence-corrected chi connectivity index (χ2v) is 7.57. The predicted octanol–water partition coefficient (Wildman–Crippen LogP) is 3.48. The summed E-state index contributed by atoms with van der Waals surface area (Å²) in [5, 5.41) is 13.0. The van der Waals surface area contributed by atoms with Gasteiger partial charge in [-0.1, -0.05) is 39.0 Å². The summed E-state index contributed by atoms with van der Waals surface area (Å²) in [5.74, 6) is -0.837. The third-order valence-corrected chi connectivity index (χ3v) is 7.11. The van der Waals surface area contributed by atoms with E-state index in [0.29, 0.717) is 17.9 Å². The highest BCUT2D eigenvalue weighted by Crippen LogP contribution is 2.71. The Morgan fingerprint density at radius 1 is 1.26 bits per heavy atom. The number of hydrogen-bond acceptors (Lipinski definition) is 2. The maximum absolute atomic E-state index is 12.7. The number of aliphatic carboxylic acids is 1. The number of fused-ring (bicyclic) bond motifs is 2. The second-order valence-electron chi connectivity index (χ2n) is 7.57. The molecule has 0 saturated heterocycles. The lowest BCUT2D eigenvalue weighted by molar-refractivity contribution is -0.152. The van der Waals surface area contributed by atoms with Gasteiger partial charge in [0.15, 0.2) is 0 Å². The number of nitrogens with one attached hydrogen (secondary N) is 1. The van der Waals surface area contributed by atoms with E-state index < -0.39 is 16.9 Å². The van der Waals surface area contributed by atoms with E-state index in [2.05, 4.69) is 26.1 Å². The maximum atomic E-state index is 12.7. The van der Waals surface area contributed by atoms with Crippen LogP contribution in [0.5, 0.6) is 0 Å². The Kier molecular flexibility index (Phi) is 3.54. The molecule has 0 spiro atoms. The first kappa shape index (κ1) is 16.0. The number of hydrogen-bond donors (Lipinski definition) is 2. The highest BCUT2D eigenvalue weighted by molar-refractivity contribution is 5.98. The van der Waals surface area contributed by atoms with Crippen LogP contribution in [-0.4, -0.2) is 22.5 Å². The van der Waals surface area contributed by atoms with Gasteiger partial charge in [0.25, 0.3) is 5.91 Å². The Balaban J connectivity index is 2.00. The highest BCUT2D eigenvalue weighted by atomic mass is 16.4. The zero-order chi connectivity index (χ0) is 16.9. The van der Waals surface area contributed by atoms with Crippen molar-refractivity contribution in [2.45, 2.75) is 52.0 Å². The summed E-state index contributed by atoms with van der Waals surface area (Å²) in [7, 11) is 0. The molecule has 0 heterocycles. The molecule has 2 N–H and O–H groups in total. The fourth-order valence-electron chi connectivity index (χ4n) is 5.24. The Hall–Kier alpha value is -1.84. The van der Waals surface area contributed by atoms with Crippen molar-refractivity contribution in [3.05, 3.63) is 35.9 Å². The first-order valence-electron chi connectivity index (χ1n) is 8.42. The summed E-state index contributed by atoms with van der Waals surface area (Å²) >= 11 is 0. The van der Waals surface area contributed by atoms with Gasteiger partial charge in [-0.05, 0) is 49.1 Å². The van der Waals surface area contributed by atoms with Crippen LogP contribution in [-0.2, 0) is 4.79 Å². The minimum Gasteiger partial charge on any atom is -0.479 e. The second kappa shape index (κ2) is 5.08. The Morgan fingerprint density at radius 2 is 1.91 bits per heavy atom. The molecule has 2 aliphatic rings. The van der Waals surface area contributed by atoms with E-state index >= 15 is 0 Å². The van der Waals surface area contributed by atoms with Crippen LogP contribution in [0.25, 0.3) is 0 Å². The first-order valence-corrected chi connectivity index (χ1v) is 8.42. The van der Waals surface area contributed by atoms with Crippen LogP contribution in [0.2, 0.25) is 0 Å². The minimum atomic E-state index is -1.17. The highest BCUT2D eigenvalue weighted by Gasteiger charge is 2.73. The number of rotatable bonds is 4. The van der Waals surface area contributed by atoms with Crippen LogP contribution in [0.15, 0.2) is 30.3 Å². The molecule has 2 saturated carbocycles. The predicted molar refractivity (Wildman–Crippen MR) is 88.1 cm³/mol. The first-order chi connectivity index (χ1) is 10.8. The molecule has 1 amide bonds. The van der Waals surface area contributed by atoms with Crippen LogP contribution in [0.3, 0.4) is 0 Å². The zero-order valence-corrected chi connectivity index (χ0v) is 14.1. The van der Waals surface area contributed by atoms with Gasteiger partial charge >= 0.3 is 5.97 Å². The summed E-state index contributed by atoms with van der Waals surface area (Å²) in [6.07, 6.45) is 3.37. The molecule has 1 aromatic carbocycles. The van der Waals surface area contributed by atoms with E-state index in [1.54, 1.807) is 24.3 Å². The van der Waals surface area contributed by atoms with Gasteiger partial charge in [-0.2, -0.15) is 0 Å². The molecule has 1 aromatic rings. The molecule has 2 aliphatic carbocycles. The lowest BCUT2D eigenvalue weighted by atomic mass is 9.61. The number of carbonyl (C=O) groups is 2. The Bertz CT molecular complexity index is 643. The van der Waals surface area contributed by atoms with Gasteiger partial charge in [-0.3, -0.25) is 4.79 Å². The fourth-order valence-corrected chi connectivity index (χ4v) is 5.24. The number of amides is 1. The molecule has 23 heavy (non-hydrogen) atoms. The van der Waals surface area contributed by atoms with Gasteiger partial charge in [0.05, 0.1) is 0 Å². The molecule has 4 nitrogen and oxygen atoms in total. The normalized spacial score (nSPS) is 38.5.